The number of thioether (sulfide) groups is 1. The monoisotopic (exact) mass is 411 g/mol. The maximum atomic E-state index is 12.5. The Kier molecular flexibility index (Phi) is 6.77. The first-order chi connectivity index (χ1) is 14.0. The minimum atomic E-state index is -0.111. The second-order valence-corrected chi connectivity index (χ2v) is 7.58. The van der Waals surface area contributed by atoms with E-state index in [4.69, 9.17) is 10.6 Å². The molecule has 0 unspecified atom stereocenters. The molecule has 8 heteroatoms. The maximum Gasteiger partial charge on any atom is 0.234 e. The van der Waals surface area contributed by atoms with Crippen molar-refractivity contribution in [3.05, 3.63) is 54.1 Å². The molecule has 7 nitrogen and oxygen atoms in total. The Bertz CT molecular complexity index is 971. The molecule has 0 aliphatic heterocycles. The number of hydrogen-bond acceptors (Lipinski definition) is 6. The number of nitrogens with two attached hydrogens (primary N) is 1. The largest absolute Gasteiger partial charge is 0.497 e. The molecule has 0 aliphatic rings. The Morgan fingerprint density at radius 2 is 1.93 bits per heavy atom. The highest BCUT2D eigenvalue weighted by molar-refractivity contribution is 7.99. The summed E-state index contributed by atoms with van der Waals surface area (Å²) in [5.74, 6) is 7.86. The summed E-state index contributed by atoms with van der Waals surface area (Å²) >= 11 is 1.25. The molecule has 0 fully saturated rings. The molecular weight excluding hydrogens is 386 g/mol. The standard InChI is InChI=1S/C21H25N5O2S/c1-4-14(2)17-7-5-6-8-18(17)23-19(27)13-29-21-25-24-20(26(21)22)15-9-11-16(28-3)12-10-15/h5-12,14H,4,13,22H2,1-3H3,(H,23,27)/t14-/m0/s1. The summed E-state index contributed by atoms with van der Waals surface area (Å²) in [7, 11) is 1.61. The van der Waals surface area contributed by atoms with Crippen molar-refractivity contribution in [3.8, 4) is 17.1 Å². The minimum absolute atomic E-state index is 0.111. The lowest BCUT2D eigenvalue weighted by Crippen LogP contribution is -2.17. The third-order valence-electron chi connectivity index (χ3n) is 4.72. The molecule has 3 N–H and O–H groups in total. The van der Waals surface area contributed by atoms with Crippen LogP contribution in [0.1, 0.15) is 31.7 Å². The molecule has 3 rings (SSSR count). The van der Waals surface area contributed by atoms with Gasteiger partial charge in [0.25, 0.3) is 0 Å². The van der Waals surface area contributed by atoms with Gasteiger partial charge in [-0.25, -0.2) is 4.68 Å². The summed E-state index contributed by atoms with van der Waals surface area (Å²) in [5, 5.41) is 11.7. The minimum Gasteiger partial charge on any atom is -0.497 e. The van der Waals surface area contributed by atoms with E-state index in [1.54, 1.807) is 7.11 Å². The van der Waals surface area contributed by atoms with Crippen LogP contribution in [0.25, 0.3) is 11.4 Å². The Morgan fingerprint density at radius 3 is 2.62 bits per heavy atom. The number of anilines is 1. The number of ether oxygens (including phenoxy) is 1. The normalized spacial score (nSPS) is 11.8. The number of aromatic nitrogens is 3. The van der Waals surface area contributed by atoms with Gasteiger partial charge in [0.15, 0.2) is 5.82 Å². The highest BCUT2D eigenvalue weighted by Gasteiger charge is 2.15. The van der Waals surface area contributed by atoms with E-state index in [1.807, 2.05) is 42.5 Å². The van der Waals surface area contributed by atoms with Crippen LogP contribution < -0.4 is 15.9 Å². The number of para-hydroxylation sites is 1. The van der Waals surface area contributed by atoms with Crippen LogP contribution in [0.15, 0.2) is 53.7 Å². The molecule has 29 heavy (non-hydrogen) atoms. The van der Waals surface area contributed by atoms with Gasteiger partial charge in [0.2, 0.25) is 11.1 Å². The van der Waals surface area contributed by atoms with Crippen LogP contribution in [0.3, 0.4) is 0 Å². The number of amides is 1. The van der Waals surface area contributed by atoms with Gasteiger partial charge in [-0.3, -0.25) is 4.79 Å². The number of carbonyl (C=O) groups excluding carboxylic acids is 1. The van der Waals surface area contributed by atoms with E-state index in [-0.39, 0.29) is 11.7 Å². The summed E-state index contributed by atoms with van der Waals surface area (Å²) in [6.07, 6.45) is 1.01. The third-order valence-corrected chi connectivity index (χ3v) is 5.67. The average Bonchev–Trinajstić information content (AvgIpc) is 3.12. The van der Waals surface area contributed by atoms with Crippen molar-refractivity contribution in [2.24, 2.45) is 0 Å². The van der Waals surface area contributed by atoms with Crippen LogP contribution in [-0.2, 0) is 4.79 Å². The Hall–Kier alpha value is -3.00. The maximum absolute atomic E-state index is 12.5. The van der Waals surface area contributed by atoms with E-state index in [0.29, 0.717) is 16.9 Å². The van der Waals surface area contributed by atoms with Crippen molar-refractivity contribution in [1.82, 2.24) is 14.9 Å². The molecule has 1 amide bonds. The lowest BCUT2D eigenvalue weighted by atomic mass is 9.97. The van der Waals surface area contributed by atoms with Crippen molar-refractivity contribution in [2.45, 2.75) is 31.3 Å². The second-order valence-electron chi connectivity index (χ2n) is 6.64. The highest BCUT2D eigenvalue weighted by atomic mass is 32.2. The number of benzene rings is 2. The Balaban J connectivity index is 1.65. The first-order valence-electron chi connectivity index (χ1n) is 9.40. The van der Waals surface area contributed by atoms with Crippen LogP contribution in [0.5, 0.6) is 5.75 Å². The molecule has 0 saturated heterocycles. The fourth-order valence-electron chi connectivity index (χ4n) is 2.89. The zero-order valence-electron chi connectivity index (χ0n) is 16.8. The molecule has 3 aromatic rings. The predicted octanol–water partition coefficient (Wildman–Crippen LogP) is 3.91. The molecule has 0 radical (unpaired) electrons. The second kappa shape index (κ2) is 9.47. The number of carbonyl (C=O) groups is 1. The van der Waals surface area contributed by atoms with Gasteiger partial charge in [0.05, 0.1) is 12.9 Å². The lowest BCUT2D eigenvalue weighted by molar-refractivity contribution is -0.113. The van der Waals surface area contributed by atoms with Gasteiger partial charge in [0, 0.05) is 11.3 Å². The van der Waals surface area contributed by atoms with Gasteiger partial charge in [0.1, 0.15) is 5.75 Å². The Labute approximate surface area is 174 Å². The number of nitrogens with zero attached hydrogens (tertiary/aromatic N) is 3. The van der Waals surface area contributed by atoms with Gasteiger partial charge >= 0.3 is 0 Å². The molecule has 0 saturated carbocycles. The van der Waals surface area contributed by atoms with Crippen LogP contribution >= 0.6 is 11.8 Å². The molecule has 152 valence electrons. The van der Waals surface area contributed by atoms with Crippen molar-refractivity contribution < 1.29 is 9.53 Å². The molecule has 1 aromatic heterocycles. The van der Waals surface area contributed by atoms with Gasteiger partial charge in [-0.05, 0) is 48.2 Å². The van der Waals surface area contributed by atoms with E-state index >= 15 is 0 Å². The van der Waals surface area contributed by atoms with Gasteiger partial charge in [-0.2, -0.15) is 0 Å². The van der Waals surface area contributed by atoms with Gasteiger partial charge < -0.3 is 15.9 Å². The van der Waals surface area contributed by atoms with Gasteiger partial charge in [-0.15, -0.1) is 10.2 Å². The first-order valence-corrected chi connectivity index (χ1v) is 10.4. The molecule has 0 spiro atoms. The first kappa shape index (κ1) is 20.7. The molecule has 1 heterocycles. The van der Waals surface area contributed by atoms with E-state index in [1.165, 1.54) is 16.4 Å². The van der Waals surface area contributed by atoms with Crippen molar-refractivity contribution >= 4 is 23.4 Å². The van der Waals surface area contributed by atoms with Crippen LogP contribution in [0.2, 0.25) is 0 Å². The number of nitrogens with one attached hydrogen (secondary N) is 1. The number of nitrogen functional groups attached to an aromatic ring is 1. The van der Waals surface area contributed by atoms with Crippen LogP contribution in [0, 0.1) is 0 Å². The van der Waals surface area contributed by atoms with E-state index in [2.05, 4.69) is 35.4 Å². The summed E-state index contributed by atoms with van der Waals surface area (Å²) in [6.45, 7) is 4.28. The SMILES string of the molecule is CC[C@H](C)c1ccccc1NC(=O)CSc1nnc(-c2ccc(OC)cc2)n1N. The molecule has 1 atom stereocenters. The summed E-state index contributed by atoms with van der Waals surface area (Å²) in [4.78, 5) is 12.5. The lowest BCUT2D eigenvalue weighted by Gasteiger charge is -2.15. The smallest absolute Gasteiger partial charge is 0.234 e. The summed E-state index contributed by atoms with van der Waals surface area (Å²) in [6, 6.07) is 15.3. The zero-order chi connectivity index (χ0) is 20.8. The van der Waals surface area contributed by atoms with Crippen LogP contribution in [-0.4, -0.2) is 33.6 Å². The molecule has 2 aromatic carbocycles. The Morgan fingerprint density at radius 1 is 1.21 bits per heavy atom. The number of hydrogen-bond donors (Lipinski definition) is 2. The van der Waals surface area contributed by atoms with E-state index in [9.17, 15) is 4.79 Å². The molecule has 0 aliphatic carbocycles. The summed E-state index contributed by atoms with van der Waals surface area (Å²) in [5.41, 5.74) is 2.80. The fraction of sp³-hybridized carbons (Fsp3) is 0.286. The van der Waals surface area contributed by atoms with Crippen molar-refractivity contribution in [2.75, 3.05) is 24.0 Å². The van der Waals surface area contributed by atoms with Gasteiger partial charge in [-0.1, -0.05) is 43.8 Å². The fourth-order valence-corrected chi connectivity index (χ4v) is 3.55. The predicted molar refractivity (Wildman–Crippen MR) is 117 cm³/mol. The van der Waals surface area contributed by atoms with Crippen LogP contribution in [0.4, 0.5) is 5.69 Å². The number of methoxy groups -OCH3 is 1. The topological polar surface area (TPSA) is 95.1 Å². The number of rotatable bonds is 8. The zero-order valence-corrected chi connectivity index (χ0v) is 17.6. The average molecular weight is 412 g/mol. The van der Waals surface area contributed by atoms with Crippen molar-refractivity contribution in [1.29, 1.82) is 0 Å². The molecular formula is C21H25N5O2S. The van der Waals surface area contributed by atoms with E-state index < -0.39 is 0 Å². The molecule has 0 bridgehead atoms. The quantitative estimate of drug-likeness (QED) is 0.431. The third kappa shape index (κ3) is 4.89. The van der Waals surface area contributed by atoms with Crippen molar-refractivity contribution in [3.63, 3.8) is 0 Å². The summed E-state index contributed by atoms with van der Waals surface area (Å²) < 4.78 is 6.56. The highest BCUT2D eigenvalue weighted by Crippen LogP contribution is 2.27. The van der Waals surface area contributed by atoms with E-state index in [0.717, 1.165) is 29.0 Å².